The van der Waals surface area contributed by atoms with E-state index >= 15 is 0 Å². The van der Waals surface area contributed by atoms with E-state index in [1.165, 1.54) is 0 Å². The number of hydrogen-bond acceptors (Lipinski definition) is 4. The van der Waals surface area contributed by atoms with Gasteiger partial charge in [0.05, 0.1) is 5.57 Å². The zero-order valence-corrected chi connectivity index (χ0v) is 14.0. The third-order valence-electron chi connectivity index (χ3n) is 4.26. The highest BCUT2D eigenvalue weighted by molar-refractivity contribution is 6.03. The first-order chi connectivity index (χ1) is 9.98. The molecule has 5 heteroatoms. The van der Waals surface area contributed by atoms with Crippen LogP contribution in [-0.4, -0.2) is 35.5 Å². The summed E-state index contributed by atoms with van der Waals surface area (Å²) in [5, 5.41) is 9.22. The molecule has 0 aromatic heterocycles. The number of ketones is 1. The average Bonchev–Trinajstić information content (AvgIpc) is 2.75. The molecule has 0 radical (unpaired) electrons. The molecule has 0 saturated carbocycles. The van der Waals surface area contributed by atoms with E-state index in [2.05, 4.69) is 0 Å². The van der Waals surface area contributed by atoms with Crippen molar-refractivity contribution in [3.05, 3.63) is 11.6 Å². The SMILES string of the molecule is CC(C)(C)OC(=O)N1CCC2(C=C(C#N)C(=O)C(C)(C)C2)C1. The van der Waals surface area contributed by atoms with Crippen LogP contribution >= 0.6 is 0 Å². The molecule has 1 heterocycles. The highest BCUT2D eigenvalue weighted by Gasteiger charge is 2.49. The number of carbonyl (C=O) groups is 2. The Bertz CT molecular complexity index is 578. The fourth-order valence-electron chi connectivity index (χ4n) is 3.47. The summed E-state index contributed by atoms with van der Waals surface area (Å²) in [7, 11) is 0. The smallest absolute Gasteiger partial charge is 0.410 e. The minimum Gasteiger partial charge on any atom is -0.444 e. The maximum atomic E-state index is 12.2. The monoisotopic (exact) mass is 304 g/mol. The van der Waals surface area contributed by atoms with Crippen molar-refractivity contribution < 1.29 is 14.3 Å². The molecule has 0 aromatic rings. The standard InChI is InChI=1S/C17H24N2O3/c1-15(2,3)22-14(21)19-7-6-17(11-19)8-12(9-18)13(20)16(4,5)10-17/h8H,6-7,10-11H2,1-5H3. The lowest BCUT2D eigenvalue weighted by Crippen LogP contribution is -2.41. The minimum atomic E-state index is -0.566. The molecule has 1 unspecified atom stereocenters. The molecule has 1 aliphatic carbocycles. The van der Waals surface area contributed by atoms with Crippen LogP contribution in [0.2, 0.25) is 0 Å². The lowest BCUT2D eigenvalue weighted by molar-refractivity contribution is -0.125. The van der Waals surface area contributed by atoms with Crippen molar-refractivity contribution in [2.75, 3.05) is 13.1 Å². The van der Waals surface area contributed by atoms with Crippen LogP contribution < -0.4 is 0 Å². The van der Waals surface area contributed by atoms with Gasteiger partial charge in [0.15, 0.2) is 5.78 Å². The molecule has 1 fully saturated rings. The quantitative estimate of drug-likeness (QED) is 0.689. The highest BCUT2D eigenvalue weighted by Crippen LogP contribution is 2.48. The van der Waals surface area contributed by atoms with E-state index in [4.69, 9.17) is 4.74 Å². The molecule has 1 spiro atoms. The molecular weight excluding hydrogens is 280 g/mol. The van der Waals surface area contributed by atoms with Gasteiger partial charge in [0.25, 0.3) is 0 Å². The Hall–Kier alpha value is -1.83. The molecule has 1 aliphatic heterocycles. The van der Waals surface area contributed by atoms with E-state index in [-0.39, 0.29) is 22.9 Å². The molecule has 5 nitrogen and oxygen atoms in total. The van der Waals surface area contributed by atoms with Gasteiger partial charge in [0.1, 0.15) is 11.7 Å². The van der Waals surface area contributed by atoms with Crippen LogP contribution in [0.15, 0.2) is 11.6 Å². The third kappa shape index (κ3) is 3.16. The molecule has 0 aromatic carbocycles. The van der Waals surface area contributed by atoms with E-state index in [1.807, 2.05) is 40.7 Å². The van der Waals surface area contributed by atoms with Gasteiger partial charge in [-0.05, 0) is 33.6 Å². The number of rotatable bonds is 0. The molecule has 1 atom stereocenters. The van der Waals surface area contributed by atoms with Gasteiger partial charge in [-0.3, -0.25) is 4.79 Å². The Morgan fingerprint density at radius 1 is 1.41 bits per heavy atom. The minimum absolute atomic E-state index is 0.101. The van der Waals surface area contributed by atoms with Crippen molar-refractivity contribution in [3.63, 3.8) is 0 Å². The van der Waals surface area contributed by atoms with Crippen molar-refractivity contribution in [1.29, 1.82) is 5.26 Å². The third-order valence-corrected chi connectivity index (χ3v) is 4.26. The van der Waals surface area contributed by atoms with E-state index in [9.17, 15) is 14.9 Å². The Labute approximate surface area is 131 Å². The zero-order valence-electron chi connectivity index (χ0n) is 14.0. The van der Waals surface area contributed by atoms with Crippen molar-refractivity contribution in [3.8, 4) is 6.07 Å². The van der Waals surface area contributed by atoms with Crippen LogP contribution in [0.25, 0.3) is 0 Å². The van der Waals surface area contributed by atoms with Crippen molar-refractivity contribution in [2.24, 2.45) is 10.8 Å². The first-order valence-corrected chi connectivity index (χ1v) is 7.64. The molecule has 1 amide bonds. The second-order valence-corrected chi connectivity index (χ2v) is 8.07. The summed E-state index contributed by atoms with van der Waals surface area (Å²) in [6.45, 7) is 10.4. The van der Waals surface area contributed by atoms with Gasteiger partial charge < -0.3 is 9.64 Å². The Morgan fingerprint density at radius 3 is 2.59 bits per heavy atom. The van der Waals surface area contributed by atoms with E-state index < -0.39 is 11.0 Å². The van der Waals surface area contributed by atoms with Crippen LogP contribution in [0.5, 0.6) is 0 Å². The van der Waals surface area contributed by atoms with E-state index in [1.54, 1.807) is 11.0 Å². The highest BCUT2D eigenvalue weighted by atomic mass is 16.6. The average molecular weight is 304 g/mol. The Kier molecular flexibility index (Phi) is 3.85. The normalized spacial score (nSPS) is 27.5. The van der Waals surface area contributed by atoms with Gasteiger partial charge in [-0.1, -0.05) is 19.9 Å². The summed E-state index contributed by atoms with van der Waals surface area (Å²) in [5.41, 5.74) is -1.16. The van der Waals surface area contributed by atoms with E-state index in [0.29, 0.717) is 19.5 Å². The predicted molar refractivity (Wildman–Crippen MR) is 82.0 cm³/mol. The number of allylic oxidation sites excluding steroid dienone is 1. The summed E-state index contributed by atoms with van der Waals surface area (Å²) in [6, 6.07) is 2.02. The molecule has 120 valence electrons. The molecule has 1 saturated heterocycles. The number of Topliss-reactive ketones (excluding diaryl/α,β-unsaturated/α-hetero) is 1. The maximum absolute atomic E-state index is 12.2. The lowest BCUT2D eigenvalue weighted by atomic mass is 9.64. The topological polar surface area (TPSA) is 70.4 Å². The summed E-state index contributed by atoms with van der Waals surface area (Å²) in [5.74, 6) is -0.101. The number of hydrogen-bond donors (Lipinski definition) is 0. The summed E-state index contributed by atoms with van der Waals surface area (Å²) >= 11 is 0. The Morgan fingerprint density at radius 2 is 2.05 bits per heavy atom. The van der Waals surface area contributed by atoms with Gasteiger partial charge in [0.2, 0.25) is 0 Å². The van der Waals surface area contributed by atoms with E-state index in [0.717, 1.165) is 6.42 Å². The summed E-state index contributed by atoms with van der Waals surface area (Å²) < 4.78 is 5.42. The van der Waals surface area contributed by atoms with Crippen molar-refractivity contribution in [1.82, 2.24) is 4.90 Å². The van der Waals surface area contributed by atoms with Crippen molar-refractivity contribution in [2.45, 2.75) is 53.1 Å². The van der Waals surface area contributed by atoms with Gasteiger partial charge in [0, 0.05) is 23.9 Å². The largest absolute Gasteiger partial charge is 0.444 e. The van der Waals surface area contributed by atoms with Gasteiger partial charge >= 0.3 is 6.09 Å². The molecule has 2 rings (SSSR count). The fraction of sp³-hybridized carbons (Fsp3) is 0.706. The fourth-order valence-corrected chi connectivity index (χ4v) is 3.47. The molecule has 0 N–H and O–H groups in total. The van der Waals surface area contributed by atoms with Crippen LogP contribution in [-0.2, 0) is 9.53 Å². The molecule has 2 aliphatic rings. The van der Waals surface area contributed by atoms with Crippen LogP contribution in [0.1, 0.15) is 47.5 Å². The lowest BCUT2D eigenvalue weighted by Gasteiger charge is -2.38. The second kappa shape index (κ2) is 5.12. The number of carbonyl (C=O) groups excluding carboxylic acids is 2. The first kappa shape index (κ1) is 16.5. The predicted octanol–water partition coefficient (Wildman–Crippen LogP) is 3.06. The Balaban J connectivity index is 2.21. The van der Waals surface area contributed by atoms with Gasteiger partial charge in [-0.15, -0.1) is 0 Å². The molecule has 22 heavy (non-hydrogen) atoms. The van der Waals surface area contributed by atoms with Crippen LogP contribution in [0, 0.1) is 22.2 Å². The molecular formula is C17H24N2O3. The number of nitriles is 1. The number of ether oxygens (including phenoxy) is 1. The number of nitrogens with zero attached hydrogens (tertiary/aromatic N) is 2. The second-order valence-electron chi connectivity index (χ2n) is 8.07. The summed E-state index contributed by atoms with van der Waals surface area (Å²) in [4.78, 5) is 26.1. The molecule has 0 bridgehead atoms. The summed E-state index contributed by atoms with van der Waals surface area (Å²) in [6.07, 6.45) is 2.87. The maximum Gasteiger partial charge on any atom is 0.410 e. The first-order valence-electron chi connectivity index (χ1n) is 7.64. The van der Waals surface area contributed by atoms with Crippen LogP contribution in [0.3, 0.4) is 0 Å². The van der Waals surface area contributed by atoms with Gasteiger partial charge in [-0.25, -0.2) is 4.79 Å². The number of amides is 1. The zero-order chi connectivity index (χ0) is 16.8. The van der Waals surface area contributed by atoms with Gasteiger partial charge in [-0.2, -0.15) is 5.26 Å². The van der Waals surface area contributed by atoms with Crippen molar-refractivity contribution >= 4 is 11.9 Å². The van der Waals surface area contributed by atoms with Crippen LogP contribution in [0.4, 0.5) is 4.79 Å². The number of likely N-dealkylation sites (tertiary alicyclic amines) is 1.